The number of carbonyl (C=O) groups is 2. The molecule has 0 saturated carbocycles. The number of hydrogen-bond donors (Lipinski definition) is 3. The van der Waals surface area contributed by atoms with Gasteiger partial charge in [0.1, 0.15) is 11.6 Å². The van der Waals surface area contributed by atoms with E-state index in [0.29, 0.717) is 31.0 Å². The van der Waals surface area contributed by atoms with Crippen LogP contribution < -0.4 is 10.6 Å². The van der Waals surface area contributed by atoms with Gasteiger partial charge in [0.2, 0.25) is 11.8 Å². The van der Waals surface area contributed by atoms with Crippen molar-refractivity contribution in [3.8, 4) is 0 Å². The molecule has 1 aliphatic rings. The standard InChI is InChI=1S/C33H39F2N3O3/c1-22(2)26-10-7-11-27(17-26)33(12-13-38(32(41)19-33)21-24-8-5-4-6-9-24)36-20-31(40)30(37-23(3)39)16-25-14-28(34)18-29(35)15-25/h4-11,14-15,17-18,22,30-31,36,40H,12-13,16,19-21H2,1-3H3,(H,37,39)/t30-,31+,33?/m0/s1. The van der Waals surface area contributed by atoms with Crippen molar-refractivity contribution in [2.24, 2.45) is 0 Å². The Morgan fingerprint density at radius 2 is 1.71 bits per heavy atom. The fourth-order valence-corrected chi connectivity index (χ4v) is 5.54. The van der Waals surface area contributed by atoms with Gasteiger partial charge in [0, 0.05) is 39.0 Å². The number of amides is 2. The van der Waals surface area contributed by atoms with Crippen LogP contribution in [-0.2, 0) is 28.1 Å². The molecule has 3 N–H and O–H groups in total. The number of piperidine rings is 1. The Balaban J connectivity index is 1.56. The van der Waals surface area contributed by atoms with Gasteiger partial charge in [-0.25, -0.2) is 8.78 Å². The minimum atomic E-state index is -1.09. The van der Waals surface area contributed by atoms with E-state index in [4.69, 9.17) is 0 Å². The SMILES string of the molecule is CC(=O)N[C@@H](Cc1cc(F)cc(F)c1)[C@H](O)CNC1(c2cccc(C(C)C)c2)CCN(Cc2ccccc2)C(=O)C1. The van der Waals surface area contributed by atoms with E-state index in [-0.39, 0.29) is 31.2 Å². The quantitative estimate of drug-likeness (QED) is 0.313. The van der Waals surface area contributed by atoms with Crippen molar-refractivity contribution in [3.63, 3.8) is 0 Å². The molecule has 1 unspecified atom stereocenters. The lowest BCUT2D eigenvalue weighted by Crippen LogP contribution is -2.57. The average Bonchev–Trinajstić information content (AvgIpc) is 2.92. The summed E-state index contributed by atoms with van der Waals surface area (Å²) in [5.74, 6) is -1.51. The number of aliphatic hydroxyl groups excluding tert-OH is 1. The van der Waals surface area contributed by atoms with E-state index in [1.54, 1.807) is 0 Å². The molecular formula is C33H39F2N3O3. The number of nitrogens with zero attached hydrogens (tertiary/aromatic N) is 1. The molecule has 1 saturated heterocycles. The Morgan fingerprint density at radius 1 is 1.00 bits per heavy atom. The molecule has 3 aromatic rings. The van der Waals surface area contributed by atoms with Gasteiger partial charge in [0.25, 0.3) is 0 Å². The van der Waals surface area contributed by atoms with E-state index in [0.717, 1.165) is 22.8 Å². The maximum atomic E-state index is 13.8. The summed E-state index contributed by atoms with van der Waals surface area (Å²) in [6.45, 7) is 6.67. The van der Waals surface area contributed by atoms with Crippen LogP contribution in [0.5, 0.6) is 0 Å². The molecule has 1 heterocycles. The highest BCUT2D eigenvalue weighted by Gasteiger charge is 2.41. The van der Waals surface area contributed by atoms with E-state index >= 15 is 0 Å². The second-order valence-corrected chi connectivity index (χ2v) is 11.3. The molecule has 218 valence electrons. The van der Waals surface area contributed by atoms with Crippen LogP contribution >= 0.6 is 0 Å². The van der Waals surface area contributed by atoms with Gasteiger partial charge in [-0.15, -0.1) is 0 Å². The molecule has 0 spiro atoms. The molecule has 3 aromatic carbocycles. The fraction of sp³-hybridized carbons (Fsp3) is 0.394. The number of halogens is 2. The van der Waals surface area contributed by atoms with Crippen molar-refractivity contribution in [1.29, 1.82) is 0 Å². The normalized spacial score (nSPS) is 18.8. The molecule has 4 rings (SSSR count). The molecule has 1 aliphatic heterocycles. The van der Waals surface area contributed by atoms with Gasteiger partial charge in [0.05, 0.1) is 17.7 Å². The third-order valence-electron chi connectivity index (χ3n) is 7.82. The van der Waals surface area contributed by atoms with Crippen molar-refractivity contribution in [2.45, 2.75) is 70.2 Å². The van der Waals surface area contributed by atoms with Crippen LogP contribution in [0, 0.1) is 11.6 Å². The highest BCUT2D eigenvalue weighted by molar-refractivity contribution is 5.79. The molecule has 2 amide bonds. The van der Waals surface area contributed by atoms with Gasteiger partial charge in [-0.1, -0.05) is 68.4 Å². The molecule has 3 atom stereocenters. The Labute approximate surface area is 240 Å². The van der Waals surface area contributed by atoms with Gasteiger partial charge < -0.3 is 20.6 Å². The third-order valence-corrected chi connectivity index (χ3v) is 7.82. The molecule has 0 aliphatic carbocycles. The van der Waals surface area contributed by atoms with Crippen molar-refractivity contribution >= 4 is 11.8 Å². The summed E-state index contributed by atoms with van der Waals surface area (Å²) in [6, 6.07) is 20.4. The zero-order valence-corrected chi connectivity index (χ0v) is 23.9. The molecular weight excluding hydrogens is 524 g/mol. The minimum Gasteiger partial charge on any atom is -0.390 e. The number of benzene rings is 3. The molecule has 6 nitrogen and oxygen atoms in total. The summed E-state index contributed by atoms with van der Waals surface area (Å²) in [5, 5.41) is 17.5. The topological polar surface area (TPSA) is 81.7 Å². The predicted octanol–water partition coefficient (Wildman–Crippen LogP) is 4.80. The van der Waals surface area contributed by atoms with Crippen LogP contribution in [0.3, 0.4) is 0 Å². The first-order valence-electron chi connectivity index (χ1n) is 14.1. The van der Waals surface area contributed by atoms with Crippen LogP contribution in [0.25, 0.3) is 0 Å². The summed E-state index contributed by atoms with van der Waals surface area (Å²) >= 11 is 0. The van der Waals surface area contributed by atoms with Gasteiger partial charge in [0.15, 0.2) is 0 Å². The minimum absolute atomic E-state index is 0.00527. The van der Waals surface area contributed by atoms with Crippen LogP contribution in [0.2, 0.25) is 0 Å². The van der Waals surface area contributed by atoms with Gasteiger partial charge in [-0.05, 0) is 53.1 Å². The highest BCUT2D eigenvalue weighted by atomic mass is 19.1. The van der Waals surface area contributed by atoms with E-state index in [1.807, 2.05) is 47.4 Å². The van der Waals surface area contributed by atoms with Crippen LogP contribution in [0.15, 0.2) is 72.8 Å². The average molecular weight is 564 g/mol. The Kier molecular flexibility index (Phi) is 9.89. The largest absolute Gasteiger partial charge is 0.390 e. The van der Waals surface area contributed by atoms with Crippen LogP contribution in [0.4, 0.5) is 8.78 Å². The van der Waals surface area contributed by atoms with Crippen molar-refractivity contribution < 1.29 is 23.5 Å². The van der Waals surface area contributed by atoms with Crippen LogP contribution in [-0.4, -0.2) is 47.1 Å². The number of rotatable bonds is 11. The fourth-order valence-electron chi connectivity index (χ4n) is 5.54. The smallest absolute Gasteiger partial charge is 0.225 e. The molecule has 0 bridgehead atoms. The third kappa shape index (κ3) is 7.99. The summed E-state index contributed by atoms with van der Waals surface area (Å²) in [7, 11) is 0. The first-order chi connectivity index (χ1) is 19.5. The number of nitrogens with one attached hydrogen (secondary N) is 2. The monoisotopic (exact) mass is 563 g/mol. The van der Waals surface area contributed by atoms with E-state index in [9.17, 15) is 23.5 Å². The van der Waals surface area contributed by atoms with Crippen molar-refractivity contribution in [1.82, 2.24) is 15.5 Å². The lowest BCUT2D eigenvalue weighted by atomic mass is 9.79. The second kappa shape index (κ2) is 13.4. The zero-order valence-electron chi connectivity index (χ0n) is 23.9. The summed E-state index contributed by atoms with van der Waals surface area (Å²) < 4.78 is 27.7. The Bertz CT molecular complexity index is 1330. The zero-order chi connectivity index (χ0) is 29.6. The number of carbonyl (C=O) groups excluding carboxylic acids is 2. The molecule has 1 fully saturated rings. The number of aliphatic hydroxyl groups is 1. The maximum absolute atomic E-state index is 13.8. The van der Waals surface area contributed by atoms with Gasteiger partial charge in [-0.3, -0.25) is 9.59 Å². The Morgan fingerprint density at radius 3 is 2.34 bits per heavy atom. The Hall–Kier alpha value is -3.62. The van der Waals surface area contributed by atoms with Crippen LogP contribution in [0.1, 0.15) is 61.8 Å². The first kappa shape index (κ1) is 30.3. The first-order valence-corrected chi connectivity index (χ1v) is 14.1. The summed E-state index contributed by atoms with van der Waals surface area (Å²) in [4.78, 5) is 27.4. The highest BCUT2D eigenvalue weighted by Crippen LogP contribution is 2.35. The number of likely N-dealkylation sites (tertiary alicyclic amines) is 1. The van der Waals surface area contributed by atoms with Gasteiger partial charge >= 0.3 is 0 Å². The van der Waals surface area contributed by atoms with Crippen molar-refractivity contribution in [2.75, 3.05) is 13.1 Å². The summed E-state index contributed by atoms with van der Waals surface area (Å²) in [5.41, 5.74) is 2.76. The van der Waals surface area contributed by atoms with E-state index < -0.39 is 29.3 Å². The molecule has 0 aromatic heterocycles. The van der Waals surface area contributed by atoms with Crippen molar-refractivity contribution in [3.05, 3.63) is 107 Å². The summed E-state index contributed by atoms with van der Waals surface area (Å²) in [6.07, 6.45) is -0.224. The predicted molar refractivity (Wildman–Crippen MR) is 155 cm³/mol. The second-order valence-electron chi connectivity index (χ2n) is 11.3. The molecule has 41 heavy (non-hydrogen) atoms. The van der Waals surface area contributed by atoms with E-state index in [2.05, 4.69) is 36.6 Å². The maximum Gasteiger partial charge on any atom is 0.225 e. The molecule has 0 radical (unpaired) electrons. The lowest BCUT2D eigenvalue weighted by Gasteiger charge is -2.43. The molecule has 8 heteroatoms. The van der Waals surface area contributed by atoms with Gasteiger partial charge in [-0.2, -0.15) is 0 Å². The number of hydrogen-bond acceptors (Lipinski definition) is 4. The lowest BCUT2D eigenvalue weighted by molar-refractivity contribution is -0.137. The van der Waals surface area contributed by atoms with E-state index in [1.165, 1.54) is 19.1 Å².